The first kappa shape index (κ1) is 12.4. The van der Waals surface area contributed by atoms with E-state index in [4.69, 9.17) is 5.73 Å². The van der Waals surface area contributed by atoms with E-state index in [2.05, 4.69) is 34.8 Å². The highest BCUT2D eigenvalue weighted by Gasteiger charge is 2.12. The third kappa shape index (κ3) is 2.30. The summed E-state index contributed by atoms with van der Waals surface area (Å²) in [6.07, 6.45) is 7.91. The van der Waals surface area contributed by atoms with Crippen molar-refractivity contribution in [3.05, 3.63) is 41.3 Å². The van der Waals surface area contributed by atoms with Crippen LogP contribution in [0.25, 0.3) is 11.3 Å². The molecule has 100 valence electrons. The first-order valence-corrected chi connectivity index (χ1v) is 7.12. The minimum Gasteiger partial charge on any atom is -0.331 e. The molecule has 0 aliphatic heterocycles. The van der Waals surface area contributed by atoms with Gasteiger partial charge in [-0.2, -0.15) is 0 Å². The van der Waals surface area contributed by atoms with E-state index >= 15 is 0 Å². The van der Waals surface area contributed by atoms with Gasteiger partial charge in [-0.05, 0) is 49.4 Å². The van der Waals surface area contributed by atoms with Gasteiger partial charge in [-0.1, -0.05) is 12.1 Å². The van der Waals surface area contributed by atoms with Gasteiger partial charge in [-0.3, -0.25) is 0 Å². The molecule has 1 aromatic heterocycles. The summed E-state index contributed by atoms with van der Waals surface area (Å²) >= 11 is 0. The Kier molecular flexibility index (Phi) is 3.38. The van der Waals surface area contributed by atoms with Gasteiger partial charge in [0.05, 0.1) is 11.9 Å². The molecule has 2 aromatic rings. The number of nitrogens with zero attached hydrogens (tertiary/aromatic N) is 2. The number of imidazole rings is 1. The van der Waals surface area contributed by atoms with Crippen molar-refractivity contribution >= 4 is 0 Å². The van der Waals surface area contributed by atoms with E-state index < -0.39 is 0 Å². The molecule has 0 radical (unpaired) electrons. The van der Waals surface area contributed by atoms with Crippen molar-refractivity contribution in [2.45, 2.75) is 32.1 Å². The first-order valence-electron chi connectivity index (χ1n) is 7.12. The number of rotatable bonds is 3. The molecule has 0 saturated carbocycles. The topological polar surface area (TPSA) is 43.8 Å². The van der Waals surface area contributed by atoms with Crippen molar-refractivity contribution in [1.29, 1.82) is 0 Å². The van der Waals surface area contributed by atoms with Crippen molar-refractivity contribution in [1.82, 2.24) is 9.55 Å². The standard InChI is InChI=1S/C16H21N3/c1-19-15(11-18-16(19)8-9-17)14-7-6-12-4-2-3-5-13(12)10-14/h6-7,10-11H,2-5,8-9,17H2,1H3. The maximum Gasteiger partial charge on any atom is 0.110 e. The smallest absolute Gasteiger partial charge is 0.110 e. The fraction of sp³-hybridized carbons (Fsp3) is 0.438. The zero-order valence-corrected chi connectivity index (χ0v) is 11.5. The van der Waals surface area contributed by atoms with Crippen molar-refractivity contribution in [2.24, 2.45) is 12.8 Å². The molecule has 0 amide bonds. The second-order valence-electron chi connectivity index (χ2n) is 5.35. The summed E-state index contributed by atoms with van der Waals surface area (Å²) in [4.78, 5) is 4.48. The maximum absolute atomic E-state index is 5.62. The molecule has 0 spiro atoms. The summed E-state index contributed by atoms with van der Waals surface area (Å²) in [5.74, 6) is 1.07. The second-order valence-corrected chi connectivity index (χ2v) is 5.35. The van der Waals surface area contributed by atoms with Gasteiger partial charge in [0.15, 0.2) is 0 Å². The minimum absolute atomic E-state index is 0.647. The van der Waals surface area contributed by atoms with Crippen LogP contribution in [-0.2, 0) is 26.3 Å². The lowest BCUT2D eigenvalue weighted by atomic mass is 9.90. The molecule has 1 aliphatic carbocycles. The molecular formula is C16H21N3. The van der Waals surface area contributed by atoms with Gasteiger partial charge >= 0.3 is 0 Å². The van der Waals surface area contributed by atoms with E-state index in [0.717, 1.165) is 12.2 Å². The lowest BCUT2D eigenvalue weighted by Crippen LogP contribution is -2.08. The molecule has 0 unspecified atom stereocenters. The fourth-order valence-electron chi connectivity index (χ4n) is 2.97. The highest BCUT2D eigenvalue weighted by molar-refractivity contribution is 5.61. The van der Waals surface area contributed by atoms with Crippen LogP contribution < -0.4 is 5.73 Å². The molecular weight excluding hydrogens is 234 g/mol. The average molecular weight is 255 g/mol. The van der Waals surface area contributed by atoms with Crippen LogP contribution in [-0.4, -0.2) is 16.1 Å². The predicted molar refractivity (Wildman–Crippen MR) is 78.0 cm³/mol. The summed E-state index contributed by atoms with van der Waals surface area (Å²) in [6, 6.07) is 6.87. The molecule has 1 aromatic carbocycles. The normalized spacial score (nSPS) is 14.4. The zero-order valence-electron chi connectivity index (χ0n) is 11.5. The Bertz CT molecular complexity index is 584. The molecule has 0 atom stereocenters. The number of hydrogen-bond donors (Lipinski definition) is 1. The van der Waals surface area contributed by atoms with Crippen LogP contribution in [0.4, 0.5) is 0 Å². The fourth-order valence-corrected chi connectivity index (χ4v) is 2.97. The number of benzene rings is 1. The molecule has 19 heavy (non-hydrogen) atoms. The number of fused-ring (bicyclic) bond motifs is 1. The van der Waals surface area contributed by atoms with Gasteiger partial charge in [0.1, 0.15) is 5.82 Å². The predicted octanol–water partition coefficient (Wildman–Crippen LogP) is 2.47. The van der Waals surface area contributed by atoms with Crippen molar-refractivity contribution in [3.8, 4) is 11.3 Å². The molecule has 3 nitrogen and oxygen atoms in total. The SMILES string of the molecule is Cn1c(-c2ccc3c(c2)CCCC3)cnc1CCN. The van der Waals surface area contributed by atoms with Crippen molar-refractivity contribution in [3.63, 3.8) is 0 Å². The minimum atomic E-state index is 0.647. The molecule has 0 bridgehead atoms. The van der Waals surface area contributed by atoms with Crippen LogP contribution in [0.3, 0.4) is 0 Å². The summed E-state index contributed by atoms with van der Waals surface area (Å²) in [5.41, 5.74) is 11.1. The number of hydrogen-bond acceptors (Lipinski definition) is 2. The Morgan fingerprint density at radius 2 is 2.00 bits per heavy atom. The summed E-state index contributed by atoms with van der Waals surface area (Å²) in [7, 11) is 2.08. The van der Waals surface area contributed by atoms with Gasteiger partial charge < -0.3 is 10.3 Å². The third-order valence-corrected chi connectivity index (χ3v) is 4.10. The Morgan fingerprint density at radius 1 is 1.21 bits per heavy atom. The Hall–Kier alpha value is -1.61. The van der Waals surface area contributed by atoms with E-state index in [9.17, 15) is 0 Å². The molecule has 1 aliphatic rings. The number of nitrogens with two attached hydrogens (primary N) is 1. The molecule has 2 N–H and O–H groups in total. The molecule has 1 heterocycles. The largest absolute Gasteiger partial charge is 0.331 e. The van der Waals surface area contributed by atoms with E-state index in [1.165, 1.54) is 48.1 Å². The van der Waals surface area contributed by atoms with Crippen molar-refractivity contribution in [2.75, 3.05) is 6.54 Å². The van der Waals surface area contributed by atoms with Gasteiger partial charge in [0.25, 0.3) is 0 Å². The van der Waals surface area contributed by atoms with Crippen LogP contribution in [0, 0.1) is 0 Å². The molecule has 0 fully saturated rings. The quantitative estimate of drug-likeness (QED) is 0.915. The van der Waals surface area contributed by atoms with E-state index in [0.29, 0.717) is 6.54 Å². The third-order valence-electron chi connectivity index (χ3n) is 4.10. The molecule has 3 rings (SSSR count). The Balaban J connectivity index is 1.98. The highest BCUT2D eigenvalue weighted by atomic mass is 15.1. The lowest BCUT2D eigenvalue weighted by molar-refractivity contribution is 0.685. The van der Waals surface area contributed by atoms with Gasteiger partial charge in [-0.25, -0.2) is 4.98 Å². The highest BCUT2D eigenvalue weighted by Crippen LogP contribution is 2.27. The number of aryl methyl sites for hydroxylation is 2. The Labute approximate surface area is 114 Å². The number of aromatic nitrogens is 2. The van der Waals surface area contributed by atoms with Crippen LogP contribution in [0.2, 0.25) is 0 Å². The Morgan fingerprint density at radius 3 is 2.79 bits per heavy atom. The lowest BCUT2D eigenvalue weighted by Gasteiger charge is -2.16. The van der Waals surface area contributed by atoms with E-state index in [1.807, 2.05) is 6.20 Å². The molecule has 0 saturated heterocycles. The monoisotopic (exact) mass is 255 g/mol. The van der Waals surface area contributed by atoms with Gasteiger partial charge in [0, 0.05) is 19.0 Å². The van der Waals surface area contributed by atoms with Crippen molar-refractivity contribution < 1.29 is 0 Å². The summed E-state index contributed by atoms with van der Waals surface area (Å²) in [5, 5.41) is 0. The zero-order chi connectivity index (χ0) is 13.2. The van der Waals surface area contributed by atoms with Crippen LogP contribution in [0.15, 0.2) is 24.4 Å². The van der Waals surface area contributed by atoms with Crippen LogP contribution in [0.1, 0.15) is 29.8 Å². The van der Waals surface area contributed by atoms with Crippen LogP contribution in [0.5, 0.6) is 0 Å². The average Bonchev–Trinajstić information content (AvgIpc) is 2.80. The van der Waals surface area contributed by atoms with Crippen LogP contribution >= 0.6 is 0 Å². The molecule has 3 heteroatoms. The van der Waals surface area contributed by atoms with E-state index in [-0.39, 0.29) is 0 Å². The first-order chi connectivity index (χ1) is 9.29. The van der Waals surface area contributed by atoms with E-state index in [1.54, 1.807) is 0 Å². The summed E-state index contributed by atoms with van der Waals surface area (Å²) < 4.78 is 2.16. The summed E-state index contributed by atoms with van der Waals surface area (Å²) in [6.45, 7) is 0.647. The maximum atomic E-state index is 5.62. The second kappa shape index (κ2) is 5.17. The van der Waals surface area contributed by atoms with Gasteiger partial charge in [0.2, 0.25) is 0 Å². The van der Waals surface area contributed by atoms with Gasteiger partial charge in [-0.15, -0.1) is 0 Å².